The predicted octanol–water partition coefficient (Wildman–Crippen LogP) is 1.14. The maximum atomic E-state index is 12.6. The molecule has 2 aliphatic rings. The summed E-state index contributed by atoms with van der Waals surface area (Å²) in [6, 6.07) is 10.3. The van der Waals surface area contributed by atoms with Crippen molar-refractivity contribution >= 4 is 52.0 Å². The van der Waals surface area contributed by atoms with E-state index in [2.05, 4.69) is 36.8 Å². The van der Waals surface area contributed by atoms with Gasteiger partial charge in [-0.1, -0.05) is 0 Å². The Morgan fingerprint density at radius 3 is 2.77 bits per heavy atom. The van der Waals surface area contributed by atoms with Gasteiger partial charge in [-0.3, -0.25) is 0 Å². The van der Waals surface area contributed by atoms with E-state index in [0.29, 0.717) is 0 Å². The maximum absolute atomic E-state index is 12.6. The van der Waals surface area contributed by atoms with Gasteiger partial charge in [0.25, 0.3) is 0 Å². The van der Waals surface area contributed by atoms with Crippen LogP contribution >= 0.6 is 0 Å². The molecule has 0 aliphatic carbocycles. The Morgan fingerprint density at radius 1 is 1.26 bits per heavy atom. The van der Waals surface area contributed by atoms with Gasteiger partial charge in [0.1, 0.15) is 0 Å². The topological polar surface area (TPSA) is 95.1 Å². The van der Waals surface area contributed by atoms with E-state index in [0.717, 1.165) is 27.7 Å². The second-order valence-electron chi connectivity index (χ2n) is 8.01. The van der Waals surface area contributed by atoms with Crippen molar-refractivity contribution in [3.63, 3.8) is 0 Å². The molecule has 1 fully saturated rings. The Kier molecular flexibility index (Phi) is 4.93. The van der Waals surface area contributed by atoms with Gasteiger partial charge in [-0.25, -0.2) is 0 Å². The molecule has 0 N–H and O–H groups in total. The fraction of sp³-hybridized carbons (Fsp3) is 0.286. The van der Waals surface area contributed by atoms with Crippen LogP contribution in [0.1, 0.15) is 12.0 Å². The first kappa shape index (κ1) is 20.6. The van der Waals surface area contributed by atoms with Crippen LogP contribution < -0.4 is 3.71 Å². The first-order chi connectivity index (χ1) is 14.9. The van der Waals surface area contributed by atoms with E-state index in [9.17, 15) is 13.7 Å². The molecule has 0 spiro atoms. The fourth-order valence-corrected chi connectivity index (χ4v) is 8.18. The van der Waals surface area contributed by atoms with Crippen molar-refractivity contribution < 1.29 is 8.42 Å². The van der Waals surface area contributed by atoms with Crippen molar-refractivity contribution in [2.75, 3.05) is 27.2 Å². The van der Waals surface area contributed by atoms with Crippen LogP contribution in [0.25, 0.3) is 28.2 Å². The number of rotatable bonds is 5. The molecule has 4 heterocycles. The summed E-state index contributed by atoms with van der Waals surface area (Å²) in [6.07, 6.45) is 6.03. The van der Waals surface area contributed by atoms with Gasteiger partial charge in [-0.05, 0) is 0 Å². The third-order valence-corrected chi connectivity index (χ3v) is 10.7. The summed E-state index contributed by atoms with van der Waals surface area (Å²) in [6.45, 7) is 0.519. The van der Waals surface area contributed by atoms with Crippen LogP contribution in [0, 0.1) is 11.3 Å². The monoisotopic (exact) mass is 540 g/mol. The third-order valence-electron chi connectivity index (χ3n) is 5.97. The van der Waals surface area contributed by atoms with Crippen LogP contribution in [0.3, 0.4) is 0 Å². The van der Waals surface area contributed by atoms with Gasteiger partial charge in [0.2, 0.25) is 0 Å². The van der Waals surface area contributed by atoms with Crippen molar-refractivity contribution in [3.05, 3.63) is 46.4 Å². The molecule has 2 aromatic heterocycles. The summed E-state index contributed by atoms with van der Waals surface area (Å²) in [5.41, 5.74) is 3.35. The molecule has 0 saturated carbocycles. The van der Waals surface area contributed by atoms with E-state index in [1.807, 2.05) is 24.4 Å². The SMILES string of the molecule is CN(C)S(=O)(=O)N1CC(CC#N)(n2cc(-c3ncn[c]4c3C=[CH][Sn]4)c3ccccc32)C1. The molecule has 0 amide bonds. The number of hydrogen-bond donors (Lipinski definition) is 0. The average molecular weight is 539 g/mol. The van der Waals surface area contributed by atoms with Crippen LogP contribution in [-0.2, 0) is 15.7 Å². The van der Waals surface area contributed by atoms with Crippen molar-refractivity contribution in [1.29, 1.82) is 5.26 Å². The molecule has 31 heavy (non-hydrogen) atoms. The number of hydrogen-bond acceptors (Lipinski definition) is 5. The molecule has 5 rings (SSSR count). The number of fused-ring (bicyclic) bond motifs is 2. The van der Waals surface area contributed by atoms with Crippen molar-refractivity contribution in [2.24, 2.45) is 0 Å². The standard InChI is InChI=1S/C21H20N6O2S.Sn/c1-4-16-11-23-15-24-20(16)18-12-27(19-8-6-5-7-17(18)19)21(9-10-22)13-26(14-21)30(28,29)25(2)3;/h1,4-8,12,15H,9,13-14H2,2-3H3;. The Labute approximate surface area is 191 Å². The minimum absolute atomic E-state index is 0.223. The molecule has 2 radical (unpaired) electrons. The summed E-state index contributed by atoms with van der Waals surface area (Å²) >= 11 is -0.787. The van der Waals surface area contributed by atoms with Gasteiger partial charge in [-0.2, -0.15) is 0 Å². The van der Waals surface area contributed by atoms with Gasteiger partial charge in [0, 0.05) is 0 Å². The van der Waals surface area contributed by atoms with E-state index in [4.69, 9.17) is 0 Å². The van der Waals surface area contributed by atoms with Gasteiger partial charge in [-0.15, -0.1) is 0 Å². The molecule has 1 saturated heterocycles. The van der Waals surface area contributed by atoms with Crippen molar-refractivity contribution in [2.45, 2.75) is 12.0 Å². The Morgan fingerprint density at radius 2 is 2.03 bits per heavy atom. The van der Waals surface area contributed by atoms with Gasteiger partial charge in [0.15, 0.2) is 0 Å². The number of nitriles is 1. The molecule has 0 atom stereocenters. The number of aromatic nitrogens is 3. The Bertz CT molecular complexity index is 1370. The Balaban J connectivity index is 1.66. The molecule has 156 valence electrons. The molecule has 10 heteroatoms. The van der Waals surface area contributed by atoms with Crippen molar-refractivity contribution in [3.8, 4) is 17.3 Å². The fourth-order valence-electron chi connectivity index (χ4n) is 4.35. The number of nitrogens with zero attached hydrogens (tertiary/aromatic N) is 6. The predicted molar refractivity (Wildman–Crippen MR) is 120 cm³/mol. The molecule has 2 aliphatic heterocycles. The second kappa shape index (κ2) is 7.41. The van der Waals surface area contributed by atoms with Crippen LogP contribution in [-0.4, -0.2) is 79.9 Å². The molecule has 3 aromatic rings. The van der Waals surface area contributed by atoms with Crippen molar-refractivity contribution in [1.82, 2.24) is 23.1 Å². The Hall–Kier alpha value is -2.26. The van der Waals surface area contributed by atoms with Gasteiger partial charge in [0.05, 0.1) is 0 Å². The summed E-state index contributed by atoms with van der Waals surface area (Å²) in [4.78, 5) is 9.07. The minimum atomic E-state index is -3.52. The quantitative estimate of drug-likeness (QED) is 0.454. The molecular formula is C21H20N6O2SSn. The molecule has 8 nitrogen and oxygen atoms in total. The van der Waals surface area contributed by atoms with Crippen LogP contribution in [0.4, 0.5) is 0 Å². The first-order valence-corrected chi connectivity index (χ1v) is 14.3. The normalized spacial score (nSPS) is 17.6. The zero-order chi connectivity index (χ0) is 21.8. The number of para-hydroxylation sites is 1. The summed E-state index contributed by atoms with van der Waals surface area (Å²) in [7, 11) is -0.477. The number of benzene rings is 1. The molecule has 0 bridgehead atoms. The second-order valence-corrected chi connectivity index (χ2v) is 13.3. The van der Waals surface area contributed by atoms with E-state index in [-0.39, 0.29) is 19.5 Å². The zero-order valence-electron chi connectivity index (χ0n) is 17.1. The first-order valence-electron chi connectivity index (χ1n) is 9.81. The van der Waals surface area contributed by atoms with E-state index in [1.54, 1.807) is 6.33 Å². The van der Waals surface area contributed by atoms with E-state index in [1.165, 1.54) is 26.4 Å². The summed E-state index contributed by atoms with van der Waals surface area (Å²) < 4.78 is 33.3. The zero-order valence-corrected chi connectivity index (χ0v) is 20.8. The van der Waals surface area contributed by atoms with Gasteiger partial charge >= 0.3 is 192 Å². The van der Waals surface area contributed by atoms with Gasteiger partial charge < -0.3 is 0 Å². The average Bonchev–Trinajstić information content (AvgIpc) is 3.35. The van der Waals surface area contributed by atoms with E-state index >= 15 is 0 Å². The van der Waals surface area contributed by atoms with Crippen LogP contribution in [0.2, 0.25) is 0 Å². The van der Waals surface area contributed by atoms with Crippen LogP contribution in [0.15, 0.2) is 40.9 Å². The molecule has 0 unspecified atom stereocenters. The van der Waals surface area contributed by atoms with Crippen LogP contribution in [0.5, 0.6) is 0 Å². The van der Waals surface area contributed by atoms with E-state index < -0.39 is 36.9 Å². The summed E-state index contributed by atoms with van der Waals surface area (Å²) in [5, 5.41) is 10.6. The third kappa shape index (κ3) is 3.12. The molecular weight excluding hydrogens is 519 g/mol. The summed E-state index contributed by atoms with van der Waals surface area (Å²) in [5.74, 6) is 0. The molecule has 1 aromatic carbocycles.